The number of nitrogens with one attached hydrogen (secondary N) is 1. The van der Waals surface area contributed by atoms with Gasteiger partial charge in [-0.05, 0) is 25.8 Å². The molecule has 1 atom stereocenters. The molecule has 1 saturated carbocycles. The summed E-state index contributed by atoms with van der Waals surface area (Å²) in [7, 11) is 0. The first kappa shape index (κ1) is 15.2. The third-order valence-electron chi connectivity index (χ3n) is 3.29. The maximum absolute atomic E-state index is 13.7. The van der Waals surface area contributed by atoms with Crippen LogP contribution in [0.3, 0.4) is 0 Å². The van der Waals surface area contributed by atoms with Crippen molar-refractivity contribution in [3.8, 4) is 5.75 Å². The quantitative estimate of drug-likeness (QED) is 0.579. The van der Waals surface area contributed by atoms with Crippen molar-refractivity contribution in [3.63, 3.8) is 0 Å². The molecule has 1 unspecified atom stereocenters. The van der Waals surface area contributed by atoms with Crippen molar-refractivity contribution in [1.82, 2.24) is 5.32 Å². The summed E-state index contributed by atoms with van der Waals surface area (Å²) in [5.41, 5.74) is 3.63. The molecule has 0 radical (unpaired) electrons. The molecule has 7 nitrogen and oxygen atoms in total. The molecule has 1 aliphatic rings. The first-order valence-electron chi connectivity index (χ1n) is 6.47. The number of rotatable bonds is 7. The van der Waals surface area contributed by atoms with Crippen molar-refractivity contribution < 1.29 is 18.8 Å². The highest BCUT2D eigenvalue weighted by atomic mass is 19.1. The fourth-order valence-electron chi connectivity index (χ4n) is 1.86. The molecule has 1 fully saturated rings. The topological polar surface area (TPSA) is 107 Å². The third kappa shape index (κ3) is 3.46. The second-order valence-corrected chi connectivity index (χ2v) is 5.25. The number of para-hydroxylation sites is 1. The molecule has 0 bridgehead atoms. The van der Waals surface area contributed by atoms with Crippen LogP contribution in [0, 0.1) is 15.9 Å². The molecule has 0 heterocycles. The van der Waals surface area contributed by atoms with Crippen LogP contribution >= 0.6 is 0 Å². The Morgan fingerprint density at radius 1 is 1.62 bits per heavy atom. The Labute approximate surface area is 120 Å². The SMILES string of the molecule is CC(COc1c(F)cccc1[N+](=O)[O-])(NC1CC1)C(N)=O. The highest BCUT2D eigenvalue weighted by Crippen LogP contribution is 2.30. The zero-order valence-corrected chi connectivity index (χ0v) is 11.5. The van der Waals surface area contributed by atoms with Gasteiger partial charge in [-0.2, -0.15) is 0 Å². The molecule has 21 heavy (non-hydrogen) atoms. The van der Waals surface area contributed by atoms with Gasteiger partial charge in [0, 0.05) is 12.1 Å². The smallest absolute Gasteiger partial charge is 0.314 e. The number of carbonyl (C=O) groups excluding carboxylic acids is 1. The maximum atomic E-state index is 13.7. The summed E-state index contributed by atoms with van der Waals surface area (Å²) in [6.45, 7) is 1.24. The molecule has 0 spiro atoms. The summed E-state index contributed by atoms with van der Waals surface area (Å²) in [5, 5.41) is 13.9. The van der Waals surface area contributed by atoms with Crippen LogP contribution in [-0.4, -0.2) is 29.0 Å². The Bertz CT molecular complexity index is 577. The number of hydrogen-bond donors (Lipinski definition) is 2. The third-order valence-corrected chi connectivity index (χ3v) is 3.29. The van der Waals surface area contributed by atoms with E-state index in [9.17, 15) is 19.3 Å². The molecule has 0 aliphatic heterocycles. The van der Waals surface area contributed by atoms with Gasteiger partial charge in [0.1, 0.15) is 12.1 Å². The zero-order valence-electron chi connectivity index (χ0n) is 11.5. The number of nitro benzene ring substituents is 1. The second-order valence-electron chi connectivity index (χ2n) is 5.25. The van der Waals surface area contributed by atoms with Gasteiger partial charge >= 0.3 is 5.69 Å². The largest absolute Gasteiger partial charge is 0.482 e. The number of ether oxygens (including phenoxy) is 1. The highest BCUT2D eigenvalue weighted by molar-refractivity contribution is 5.84. The minimum absolute atomic E-state index is 0.168. The average molecular weight is 297 g/mol. The standard InChI is InChI=1S/C13H16FN3O4/c1-13(12(15)18,16-8-5-6-8)7-21-11-9(14)3-2-4-10(11)17(19)20/h2-4,8,16H,5-7H2,1H3,(H2,15,18). The van der Waals surface area contributed by atoms with Gasteiger partial charge in [0.25, 0.3) is 0 Å². The summed E-state index contributed by atoms with van der Waals surface area (Å²) in [5.74, 6) is -2.01. The Hall–Kier alpha value is -2.22. The van der Waals surface area contributed by atoms with E-state index in [0.29, 0.717) is 0 Å². The minimum atomic E-state index is -1.21. The van der Waals surface area contributed by atoms with Crippen LogP contribution in [0.4, 0.5) is 10.1 Å². The predicted octanol–water partition coefficient (Wildman–Crippen LogP) is 1.11. The van der Waals surface area contributed by atoms with Crippen LogP contribution in [0.15, 0.2) is 18.2 Å². The van der Waals surface area contributed by atoms with Crippen LogP contribution in [0.1, 0.15) is 19.8 Å². The van der Waals surface area contributed by atoms with Crippen molar-refractivity contribution in [2.75, 3.05) is 6.61 Å². The summed E-state index contributed by atoms with van der Waals surface area (Å²) < 4.78 is 18.9. The van der Waals surface area contributed by atoms with Crippen molar-refractivity contribution in [1.29, 1.82) is 0 Å². The van der Waals surface area contributed by atoms with E-state index in [0.717, 1.165) is 25.0 Å². The van der Waals surface area contributed by atoms with Gasteiger partial charge in [-0.3, -0.25) is 20.2 Å². The molecule has 0 aromatic heterocycles. The molecule has 114 valence electrons. The second kappa shape index (κ2) is 5.65. The summed E-state index contributed by atoms with van der Waals surface area (Å²) in [4.78, 5) is 21.7. The van der Waals surface area contributed by atoms with Crippen LogP contribution in [0.25, 0.3) is 0 Å². The van der Waals surface area contributed by atoms with Gasteiger partial charge in [0.05, 0.1) is 4.92 Å². The number of amides is 1. The van der Waals surface area contributed by atoms with Crippen LogP contribution in [0.5, 0.6) is 5.75 Å². The maximum Gasteiger partial charge on any atom is 0.314 e. The summed E-state index contributed by atoms with van der Waals surface area (Å²) >= 11 is 0. The van der Waals surface area contributed by atoms with Gasteiger partial charge in [-0.15, -0.1) is 0 Å². The number of primary amides is 1. The number of nitro groups is 1. The lowest BCUT2D eigenvalue weighted by molar-refractivity contribution is -0.386. The highest BCUT2D eigenvalue weighted by Gasteiger charge is 2.38. The summed E-state index contributed by atoms with van der Waals surface area (Å²) in [6.07, 6.45) is 1.84. The zero-order chi connectivity index (χ0) is 15.6. The van der Waals surface area contributed by atoms with E-state index in [1.807, 2.05) is 0 Å². The monoisotopic (exact) mass is 297 g/mol. The molecule has 3 N–H and O–H groups in total. The van der Waals surface area contributed by atoms with Crippen molar-refractivity contribution in [3.05, 3.63) is 34.1 Å². The lowest BCUT2D eigenvalue weighted by atomic mass is 10.0. The lowest BCUT2D eigenvalue weighted by Gasteiger charge is -2.27. The first-order valence-corrected chi connectivity index (χ1v) is 6.47. The van der Waals surface area contributed by atoms with E-state index in [1.165, 1.54) is 13.0 Å². The fourth-order valence-corrected chi connectivity index (χ4v) is 1.86. The molecule has 8 heteroatoms. The Kier molecular flexibility index (Phi) is 4.08. The van der Waals surface area contributed by atoms with Gasteiger partial charge in [-0.1, -0.05) is 6.07 Å². The van der Waals surface area contributed by atoms with Gasteiger partial charge < -0.3 is 10.5 Å². The number of benzene rings is 1. The van der Waals surface area contributed by atoms with Gasteiger partial charge in [-0.25, -0.2) is 4.39 Å². The Balaban J connectivity index is 2.17. The molecule has 1 amide bonds. The molecular formula is C13H16FN3O4. The Morgan fingerprint density at radius 2 is 2.29 bits per heavy atom. The Morgan fingerprint density at radius 3 is 2.81 bits per heavy atom. The van der Waals surface area contributed by atoms with Gasteiger partial charge in [0.2, 0.25) is 11.7 Å². The van der Waals surface area contributed by atoms with E-state index >= 15 is 0 Å². The van der Waals surface area contributed by atoms with E-state index in [4.69, 9.17) is 10.5 Å². The first-order chi connectivity index (χ1) is 9.83. The fraction of sp³-hybridized carbons (Fsp3) is 0.462. The molecular weight excluding hydrogens is 281 g/mol. The molecule has 0 saturated heterocycles. The van der Waals surface area contributed by atoms with E-state index < -0.39 is 33.6 Å². The van der Waals surface area contributed by atoms with Crippen LogP contribution in [-0.2, 0) is 4.79 Å². The number of halogens is 1. The minimum Gasteiger partial charge on any atom is -0.482 e. The normalized spacial score (nSPS) is 17.0. The van der Waals surface area contributed by atoms with E-state index in [1.54, 1.807) is 0 Å². The van der Waals surface area contributed by atoms with Crippen molar-refractivity contribution in [2.24, 2.45) is 5.73 Å². The number of carbonyl (C=O) groups is 1. The van der Waals surface area contributed by atoms with E-state index in [-0.39, 0.29) is 12.6 Å². The number of nitrogens with two attached hydrogens (primary N) is 1. The van der Waals surface area contributed by atoms with Crippen LogP contribution in [0.2, 0.25) is 0 Å². The van der Waals surface area contributed by atoms with E-state index in [2.05, 4.69) is 5.32 Å². The summed E-state index contributed by atoms with van der Waals surface area (Å²) in [6, 6.07) is 3.57. The van der Waals surface area contributed by atoms with Crippen LogP contribution < -0.4 is 15.8 Å². The molecule has 1 aliphatic carbocycles. The number of hydrogen-bond acceptors (Lipinski definition) is 5. The average Bonchev–Trinajstić information content (AvgIpc) is 3.20. The predicted molar refractivity (Wildman–Crippen MR) is 72.3 cm³/mol. The number of nitrogens with zero attached hydrogens (tertiary/aromatic N) is 1. The lowest BCUT2D eigenvalue weighted by Crippen LogP contribution is -2.57. The van der Waals surface area contributed by atoms with Crippen molar-refractivity contribution >= 4 is 11.6 Å². The van der Waals surface area contributed by atoms with Crippen molar-refractivity contribution in [2.45, 2.75) is 31.3 Å². The molecule has 1 aromatic carbocycles. The van der Waals surface area contributed by atoms with Gasteiger partial charge in [0.15, 0.2) is 5.82 Å². The molecule has 1 aromatic rings. The molecule has 2 rings (SSSR count).